The highest BCUT2D eigenvalue weighted by molar-refractivity contribution is 8.10. The maximum Gasteiger partial charge on any atom is 0.277 e. The summed E-state index contributed by atoms with van der Waals surface area (Å²) in [6.45, 7) is 1.97. The monoisotopic (exact) mass is 401 g/mol. The normalized spacial score (nSPS) is 11.9. The molecule has 0 atom stereocenters. The lowest BCUT2D eigenvalue weighted by Gasteiger charge is -2.24. The van der Waals surface area contributed by atoms with Gasteiger partial charge in [0.15, 0.2) is 0 Å². The largest absolute Gasteiger partial charge is 0.277 e. The Balaban J connectivity index is 2.24. The van der Waals surface area contributed by atoms with Crippen molar-refractivity contribution < 1.29 is 16.8 Å². The first-order valence-electron chi connectivity index (χ1n) is 8.37. The average molecular weight is 402 g/mol. The van der Waals surface area contributed by atoms with Gasteiger partial charge in [0.25, 0.3) is 20.0 Å². The van der Waals surface area contributed by atoms with Gasteiger partial charge in [-0.3, -0.25) is 0 Å². The van der Waals surface area contributed by atoms with Gasteiger partial charge in [0.2, 0.25) is 0 Å². The summed E-state index contributed by atoms with van der Waals surface area (Å²) in [5, 5.41) is 0. The van der Waals surface area contributed by atoms with Gasteiger partial charge in [-0.25, -0.2) is 16.8 Å². The second kappa shape index (κ2) is 7.54. The van der Waals surface area contributed by atoms with Gasteiger partial charge in [0.1, 0.15) is 0 Å². The minimum Gasteiger partial charge on any atom is -0.200 e. The number of aryl methyl sites for hydroxylation is 1. The molecule has 0 aliphatic carbocycles. The number of rotatable bonds is 6. The molecule has 0 aromatic heterocycles. The number of anilines is 1. The van der Waals surface area contributed by atoms with E-state index >= 15 is 0 Å². The molecule has 0 heterocycles. The van der Waals surface area contributed by atoms with Gasteiger partial charge in [-0.2, -0.15) is 3.71 Å². The molecule has 0 saturated heterocycles. The standard InChI is InChI=1S/C20H19NO4S2/c1-2-17-13-15-18(16-14-17)21(26(22,23)19-9-5-3-6-10-19)27(24,25)20-11-7-4-8-12-20/h3-16H,2H2,1H3. The summed E-state index contributed by atoms with van der Waals surface area (Å²) in [5.41, 5.74) is 1.05. The van der Waals surface area contributed by atoms with Gasteiger partial charge < -0.3 is 0 Å². The minimum atomic E-state index is -4.33. The molecule has 3 rings (SSSR count). The van der Waals surface area contributed by atoms with E-state index in [-0.39, 0.29) is 15.5 Å². The third-order valence-corrected chi connectivity index (χ3v) is 8.28. The summed E-state index contributed by atoms with van der Waals surface area (Å²) in [7, 11) is -8.67. The van der Waals surface area contributed by atoms with Crippen LogP contribution < -0.4 is 3.71 Å². The Morgan fingerprint density at radius 3 is 1.41 bits per heavy atom. The van der Waals surface area contributed by atoms with Crippen LogP contribution in [-0.4, -0.2) is 16.8 Å². The topological polar surface area (TPSA) is 71.5 Å². The van der Waals surface area contributed by atoms with E-state index in [9.17, 15) is 16.8 Å². The Kier molecular flexibility index (Phi) is 5.34. The van der Waals surface area contributed by atoms with Crippen molar-refractivity contribution in [3.63, 3.8) is 0 Å². The van der Waals surface area contributed by atoms with Crippen molar-refractivity contribution in [2.24, 2.45) is 0 Å². The van der Waals surface area contributed by atoms with Crippen molar-refractivity contribution in [3.8, 4) is 0 Å². The first-order valence-corrected chi connectivity index (χ1v) is 11.2. The lowest BCUT2D eigenvalue weighted by atomic mass is 10.2. The van der Waals surface area contributed by atoms with E-state index < -0.39 is 20.0 Å². The number of hydrogen-bond donors (Lipinski definition) is 0. The van der Waals surface area contributed by atoms with Crippen LogP contribution in [0.1, 0.15) is 12.5 Å². The van der Waals surface area contributed by atoms with E-state index in [0.717, 1.165) is 12.0 Å². The van der Waals surface area contributed by atoms with Crippen molar-refractivity contribution in [2.75, 3.05) is 3.71 Å². The van der Waals surface area contributed by atoms with E-state index in [4.69, 9.17) is 0 Å². The Labute approximate surface area is 160 Å². The van der Waals surface area contributed by atoms with Gasteiger partial charge in [-0.05, 0) is 48.4 Å². The van der Waals surface area contributed by atoms with Crippen LogP contribution in [0.3, 0.4) is 0 Å². The second-order valence-electron chi connectivity index (χ2n) is 5.85. The molecule has 3 aromatic carbocycles. The molecule has 0 saturated carbocycles. The smallest absolute Gasteiger partial charge is 0.200 e. The molecule has 0 spiro atoms. The quantitative estimate of drug-likeness (QED) is 0.629. The predicted molar refractivity (Wildman–Crippen MR) is 106 cm³/mol. The van der Waals surface area contributed by atoms with Gasteiger partial charge in [-0.15, -0.1) is 0 Å². The van der Waals surface area contributed by atoms with Crippen molar-refractivity contribution in [3.05, 3.63) is 90.5 Å². The van der Waals surface area contributed by atoms with Crippen LogP contribution in [0.4, 0.5) is 5.69 Å². The zero-order valence-corrected chi connectivity index (χ0v) is 16.3. The average Bonchev–Trinajstić information content (AvgIpc) is 2.69. The molecule has 27 heavy (non-hydrogen) atoms. The molecule has 3 aromatic rings. The Morgan fingerprint density at radius 1 is 0.630 bits per heavy atom. The highest BCUT2D eigenvalue weighted by atomic mass is 32.3. The predicted octanol–water partition coefficient (Wildman–Crippen LogP) is 3.83. The summed E-state index contributed by atoms with van der Waals surface area (Å²) in [6, 6.07) is 21.6. The molecule has 0 unspecified atom stereocenters. The molecule has 0 amide bonds. The van der Waals surface area contributed by atoms with Crippen LogP contribution >= 0.6 is 0 Å². The highest BCUT2D eigenvalue weighted by Gasteiger charge is 2.36. The van der Waals surface area contributed by atoms with E-state index in [2.05, 4.69) is 0 Å². The van der Waals surface area contributed by atoms with E-state index in [1.54, 1.807) is 48.5 Å². The van der Waals surface area contributed by atoms with Crippen LogP contribution in [0, 0.1) is 0 Å². The van der Waals surface area contributed by atoms with Gasteiger partial charge in [-0.1, -0.05) is 55.5 Å². The Hall–Kier alpha value is -2.64. The lowest BCUT2D eigenvalue weighted by molar-refractivity contribution is 0.584. The fourth-order valence-corrected chi connectivity index (χ4v) is 6.37. The fraction of sp³-hybridized carbons (Fsp3) is 0.100. The number of benzene rings is 3. The van der Waals surface area contributed by atoms with Gasteiger partial charge in [0.05, 0.1) is 15.5 Å². The summed E-state index contributed by atoms with van der Waals surface area (Å²) in [6.07, 6.45) is 0.761. The van der Waals surface area contributed by atoms with Crippen molar-refractivity contribution in [1.29, 1.82) is 0 Å². The molecule has 0 bridgehead atoms. The maximum absolute atomic E-state index is 13.3. The van der Waals surface area contributed by atoms with E-state index in [1.165, 1.54) is 36.4 Å². The molecular weight excluding hydrogens is 382 g/mol. The van der Waals surface area contributed by atoms with Crippen LogP contribution in [-0.2, 0) is 26.5 Å². The first kappa shape index (κ1) is 19.1. The van der Waals surface area contributed by atoms with Crippen LogP contribution in [0.2, 0.25) is 0 Å². The number of sulfonamides is 2. The van der Waals surface area contributed by atoms with Crippen LogP contribution in [0.5, 0.6) is 0 Å². The van der Waals surface area contributed by atoms with Crippen molar-refractivity contribution in [1.82, 2.24) is 0 Å². The lowest BCUT2D eigenvalue weighted by Crippen LogP contribution is -2.37. The molecule has 5 nitrogen and oxygen atoms in total. The van der Waals surface area contributed by atoms with Crippen LogP contribution in [0.25, 0.3) is 0 Å². The molecule has 0 fully saturated rings. The fourth-order valence-electron chi connectivity index (χ4n) is 2.64. The minimum absolute atomic E-state index is 0.0694. The third-order valence-electron chi connectivity index (χ3n) is 4.07. The van der Waals surface area contributed by atoms with Gasteiger partial charge >= 0.3 is 0 Å². The van der Waals surface area contributed by atoms with Crippen molar-refractivity contribution >= 4 is 25.7 Å². The molecule has 0 N–H and O–H groups in total. The SMILES string of the molecule is CCc1ccc(N(S(=O)(=O)c2ccccc2)S(=O)(=O)c2ccccc2)cc1. The van der Waals surface area contributed by atoms with E-state index in [1.807, 2.05) is 6.92 Å². The zero-order chi connectivity index (χ0) is 19.5. The van der Waals surface area contributed by atoms with Gasteiger partial charge in [0, 0.05) is 0 Å². The number of hydrogen-bond acceptors (Lipinski definition) is 4. The summed E-state index contributed by atoms with van der Waals surface area (Å²) in [5.74, 6) is 0. The molecule has 0 aliphatic heterocycles. The molecule has 0 radical (unpaired) electrons. The van der Waals surface area contributed by atoms with E-state index in [0.29, 0.717) is 3.71 Å². The first-order chi connectivity index (χ1) is 12.9. The molecular formula is C20H19NO4S2. The summed E-state index contributed by atoms with van der Waals surface area (Å²) in [4.78, 5) is -0.187. The summed E-state index contributed by atoms with van der Waals surface area (Å²) < 4.78 is 53.5. The number of nitrogens with zero attached hydrogens (tertiary/aromatic N) is 1. The summed E-state index contributed by atoms with van der Waals surface area (Å²) >= 11 is 0. The Morgan fingerprint density at radius 2 is 1.04 bits per heavy atom. The second-order valence-corrected chi connectivity index (χ2v) is 9.66. The molecule has 7 heteroatoms. The van der Waals surface area contributed by atoms with Crippen LogP contribution in [0.15, 0.2) is 94.7 Å². The molecule has 140 valence electrons. The molecule has 0 aliphatic rings. The zero-order valence-electron chi connectivity index (χ0n) is 14.7. The maximum atomic E-state index is 13.3. The Bertz CT molecular complexity index is 1040. The third kappa shape index (κ3) is 3.74. The van der Waals surface area contributed by atoms with Crippen molar-refractivity contribution in [2.45, 2.75) is 23.1 Å². The highest BCUT2D eigenvalue weighted by Crippen LogP contribution is 2.30.